The van der Waals surface area contributed by atoms with E-state index in [2.05, 4.69) is 42.0 Å². The second kappa shape index (κ2) is 5.76. The van der Waals surface area contributed by atoms with Crippen LogP contribution in [0.15, 0.2) is 30.6 Å². The SMILES string of the molecule is CCCC(C)CCc1ncnc2ccccc12. The molecule has 0 amide bonds. The quantitative estimate of drug-likeness (QED) is 0.773. The third kappa shape index (κ3) is 3.02. The van der Waals surface area contributed by atoms with Crippen LogP contribution in [0, 0.1) is 5.92 Å². The Morgan fingerprint density at radius 3 is 2.76 bits per heavy atom. The molecule has 0 N–H and O–H groups in total. The highest BCUT2D eigenvalue weighted by molar-refractivity contribution is 5.80. The van der Waals surface area contributed by atoms with Crippen LogP contribution in [0.5, 0.6) is 0 Å². The lowest BCUT2D eigenvalue weighted by Gasteiger charge is -2.10. The Kier molecular flexibility index (Phi) is 4.08. The zero-order chi connectivity index (χ0) is 12.1. The van der Waals surface area contributed by atoms with Gasteiger partial charge >= 0.3 is 0 Å². The van der Waals surface area contributed by atoms with E-state index in [9.17, 15) is 0 Å². The van der Waals surface area contributed by atoms with Crippen LogP contribution in [0.1, 0.15) is 38.8 Å². The third-order valence-electron chi connectivity index (χ3n) is 3.28. The first-order valence-corrected chi connectivity index (χ1v) is 6.50. The molecule has 2 nitrogen and oxygen atoms in total. The molecule has 2 aromatic rings. The first-order chi connectivity index (χ1) is 8.31. The Morgan fingerprint density at radius 1 is 1.12 bits per heavy atom. The van der Waals surface area contributed by atoms with Gasteiger partial charge in [0.25, 0.3) is 0 Å². The van der Waals surface area contributed by atoms with E-state index < -0.39 is 0 Å². The minimum absolute atomic E-state index is 0.786. The Hall–Kier alpha value is -1.44. The number of para-hydroxylation sites is 1. The van der Waals surface area contributed by atoms with Crippen molar-refractivity contribution in [1.82, 2.24) is 9.97 Å². The molecule has 1 atom stereocenters. The zero-order valence-electron chi connectivity index (χ0n) is 10.7. The molecule has 17 heavy (non-hydrogen) atoms. The Bertz CT molecular complexity index is 474. The molecule has 2 rings (SSSR count). The minimum atomic E-state index is 0.786. The van der Waals surface area contributed by atoms with E-state index in [1.165, 1.54) is 30.3 Å². The smallest absolute Gasteiger partial charge is 0.116 e. The van der Waals surface area contributed by atoms with E-state index >= 15 is 0 Å². The van der Waals surface area contributed by atoms with Crippen molar-refractivity contribution in [2.75, 3.05) is 0 Å². The van der Waals surface area contributed by atoms with Crippen molar-refractivity contribution in [3.8, 4) is 0 Å². The average molecular weight is 228 g/mol. The number of aromatic nitrogens is 2. The lowest BCUT2D eigenvalue weighted by Crippen LogP contribution is -2.00. The molecule has 0 bridgehead atoms. The minimum Gasteiger partial charge on any atom is -0.241 e. The Labute approximate surface area is 103 Å². The van der Waals surface area contributed by atoms with Gasteiger partial charge < -0.3 is 0 Å². The van der Waals surface area contributed by atoms with Crippen molar-refractivity contribution in [3.63, 3.8) is 0 Å². The van der Waals surface area contributed by atoms with Crippen molar-refractivity contribution in [2.45, 2.75) is 39.5 Å². The highest BCUT2D eigenvalue weighted by Crippen LogP contribution is 2.18. The van der Waals surface area contributed by atoms with E-state index in [4.69, 9.17) is 0 Å². The van der Waals surface area contributed by atoms with Gasteiger partial charge in [-0.15, -0.1) is 0 Å². The summed E-state index contributed by atoms with van der Waals surface area (Å²) in [6, 6.07) is 8.26. The molecule has 0 aliphatic carbocycles. The van der Waals surface area contributed by atoms with Crippen molar-refractivity contribution in [3.05, 3.63) is 36.3 Å². The Morgan fingerprint density at radius 2 is 1.94 bits per heavy atom. The number of benzene rings is 1. The number of hydrogen-bond donors (Lipinski definition) is 0. The summed E-state index contributed by atoms with van der Waals surface area (Å²) in [7, 11) is 0. The molecule has 1 aromatic carbocycles. The summed E-state index contributed by atoms with van der Waals surface area (Å²) < 4.78 is 0. The molecule has 0 aliphatic heterocycles. The maximum Gasteiger partial charge on any atom is 0.116 e. The second-order valence-electron chi connectivity index (χ2n) is 4.77. The topological polar surface area (TPSA) is 25.8 Å². The molecule has 0 saturated carbocycles. The van der Waals surface area contributed by atoms with Crippen LogP contribution in [-0.2, 0) is 6.42 Å². The molecule has 0 saturated heterocycles. The summed E-state index contributed by atoms with van der Waals surface area (Å²) in [5, 5.41) is 1.21. The third-order valence-corrected chi connectivity index (χ3v) is 3.28. The molecule has 1 heterocycles. The second-order valence-corrected chi connectivity index (χ2v) is 4.77. The van der Waals surface area contributed by atoms with Crippen LogP contribution in [0.4, 0.5) is 0 Å². The fraction of sp³-hybridized carbons (Fsp3) is 0.467. The first-order valence-electron chi connectivity index (χ1n) is 6.50. The summed E-state index contributed by atoms with van der Waals surface area (Å²) in [4.78, 5) is 8.72. The predicted octanol–water partition coefficient (Wildman–Crippen LogP) is 4.00. The number of nitrogens with zero attached hydrogens (tertiary/aromatic N) is 2. The molecule has 1 unspecified atom stereocenters. The maximum absolute atomic E-state index is 4.43. The van der Waals surface area contributed by atoms with Gasteiger partial charge in [0.05, 0.1) is 11.2 Å². The van der Waals surface area contributed by atoms with Crippen molar-refractivity contribution in [1.29, 1.82) is 0 Å². The fourth-order valence-electron chi connectivity index (χ4n) is 2.28. The average Bonchev–Trinajstić information content (AvgIpc) is 2.36. The molecule has 90 valence electrons. The maximum atomic E-state index is 4.43. The van der Waals surface area contributed by atoms with Crippen molar-refractivity contribution in [2.24, 2.45) is 5.92 Å². The number of rotatable bonds is 5. The van der Waals surface area contributed by atoms with E-state index in [0.717, 1.165) is 17.9 Å². The van der Waals surface area contributed by atoms with Crippen LogP contribution >= 0.6 is 0 Å². The van der Waals surface area contributed by atoms with Gasteiger partial charge in [0, 0.05) is 5.39 Å². The fourth-order valence-corrected chi connectivity index (χ4v) is 2.28. The summed E-state index contributed by atoms with van der Waals surface area (Å²) in [6.45, 7) is 4.57. The zero-order valence-corrected chi connectivity index (χ0v) is 10.7. The summed E-state index contributed by atoms with van der Waals surface area (Å²) in [6.07, 6.45) is 6.54. The monoisotopic (exact) mass is 228 g/mol. The molecule has 2 heteroatoms. The van der Waals surface area contributed by atoms with Crippen LogP contribution < -0.4 is 0 Å². The standard InChI is InChI=1S/C15H20N2/c1-3-6-12(2)9-10-15-13-7-4-5-8-14(13)16-11-17-15/h4-5,7-8,11-12H,3,6,9-10H2,1-2H3. The predicted molar refractivity (Wildman–Crippen MR) is 71.9 cm³/mol. The largest absolute Gasteiger partial charge is 0.241 e. The van der Waals surface area contributed by atoms with Gasteiger partial charge in [0.2, 0.25) is 0 Å². The van der Waals surface area contributed by atoms with E-state index in [-0.39, 0.29) is 0 Å². The van der Waals surface area contributed by atoms with Crippen LogP contribution in [0.3, 0.4) is 0 Å². The molecule has 0 aliphatic rings. The molecular weight excluding hydrogens is 208 g/mol. The molecule has 0 fully saturated rings. The number of aryl methyl sites for hydroxylation is 1. The molecule has 0 radical (unpaired) electrons. The highest BCUT2D eigenvalue weighted by Gasteiger charge is 2.06. The van der Waals surface area contributed by atoms with Gasteiger partial charge in [-0.3, -0.25) is 0 Å². The van der Waals surface area contributed by atoms with Gasteiger partial charge in [-0.25, -0.2) is 9.97 Å². The van der Waals surface area contributed by atoms with Crippen molar-refractivity contribution >= 4 is 10.9 Å². The van der Waals surface area contributed by atoms with Crippen LogP contribution in [0.2, 0.25) is 0 Å². The van der Waals surface area contributed by atoms with E-state index in [1.807, 2.05) is 6.07 Å². The molecule has 0 spiro atoms. The van der Waals surface area contributed by atoms with E-state index in [1.54, 1.807) is 6.33 Å². The Balaban J connectivity index is 2.13. The van der Waals surface area contributed by atoms with Crippen LogP contribution in [-0.4, -0.2) is 9.97 Å². The summed E-state index contributed by atoms with van der Waals surface area (Å²) in [5.74, 6) is 0.786. The van der Waals surface area contributed by atoms with E-state index in [0.29, 0.717) is 0 Å². The highest BCUT2D eigenvalue weighted by atomic mass is 14.8. The van der Waals surface area contributed by atoms with Gasteiger partial charge in [0.15, 0.2) is 0 Å². The number of hydrogen-bond acceptors (Lipinski definition) is 2. The lowest BCUT2D eigenvalue weighted by atomic mass is 9.98. The lowest BCUT2D eigenvalue weighted by molar-refractivity contribution is 0.484. The van der Waals surface area contributed by atoms with Crippen LogP contribution in [0.25, 0.3) is 10.9 Å². The van der Waals surface area contributed by atoms with Crippen molar-refractivity contribution < 1.29 is 0 Å². The van der Waals surface area contributed by atoms with Gasteiger partial charge in [0.1, 0.15) is 6.33 Å². The van der Waals surface area contributed by atoms with Gasteiger partial charge in [-0.1, -0.05) is 44.9 Å². The molecular formula is C15H20N2. The van der Waals surface area contributed by atoms with Gasteiger partial charge in [-0.2, -0.15) is 0 Å². The summed E-state index contributed by atoms with van der Waals surface area (Å²) in [5.41, 5.74) is 2.25. The normalized spacial score (nSPS) is 12.8. The molecule has 1 aromatic heterocycles. The first kappa shape index (κ1) is 12.0. The summed E-state index contributed by atoms with van der Waals surface area (Å²) >= 11 is 0. The van der Waals surface area contributed by atoms with Gasteiger partial charge in [-0.05, 0) is 24.8 Å². The number of fused-ring (bicyclic) bond motifs is 1.